The van der Waals surface area contributed by atoms with Crippen molar-refractivity contribution < 1.29 is 45.1 Å². The van der Waals surface area contributed by atoms with Crippen LogP contribution in [-0.2, 0) is 0 Å². The average molecular weight is 228 g/mol. The Morgan fingerprint density at radius 1 is 1.33 bits per heavy atom. The standard InChI is InChI=1S/C8H20N4O2.Na/c1-9-7-5-3-4-6-8-11(2)12(14)10-13;/h9,13H,3-8H2,1-2H3;/q;+1/p+1/b12-10-;. The molecule has 0 atom stereocenters. The van der Waals surface area contributed by atoms with Gasteiger partial charge in [0.1, 0.15) is 0 Å². The maximum atomic E-state index is 10.7. The first kappa shape index (κ1) is 17.4. The number of hydrogen-bond donors (Lipinski definition) is 2. The second-order valence-electron chi connectivity index (χ2n) is 3.33. The predicted octanol–water partition coefficient (Wildman–Crippen LogP) is -3.06. The van der Waals surface area contributed by atoms with Gasteiger partial charge in [0.05, 0.1) is 32.2 Å². The molecule has 0 fully saturated rings. The second-order valence-corrected chi connectivity index (χ2v) is 3.33. The van der Waals surface area contributed by atoms with Crippen molar-refractivity contribution in [2.45, 2.75) is 25.7 Å². The van der Waals surface area contributed by atoms with E-state index in [4.69, 9.17) is 5.21 Å². The van der Waals surface area contributed by atoms with Gasteiger partial charge in [-0.3, -0.25) is 0 Å². The molecule has 3 N–H and O–H groups in total. The van der Waals surface area contributed by atoms with Gasteiger partial charge in [0.15, 0.2) is 0 Å². The molecule has 0 spiro atoms. The molecule has 0 saturated heterocycles. The van der Waals surface area contributed by atoms with Gasteiger partial charge in [0.2, 0.25) is 5.28 Å². The summed E-state index contributed by atoms with van der Waals surface area (Å²) in [6.07, 6.45) is 4.46. The quantitative estimate of drug-likeness (QED) is 0.152. The molecule has 0 aromatic carbocycles. The fraction of sp³-hybridized carbons (Fsp3) is 1.00. The summed E-state index contributed by atoms with van der Waals surface area (Å²) in [6, 6.07) is 0. The normalized spacial score (nSPS) is 10.9. The fourth-order valence-corrected chi connectivity index (χ4v) is 1.20. The Labute approximate surface area is 113 Å². The molecule has 0 saturated carbocycles. The second kappa shape index (κ2) is 12.0. The molecule has 0 aliphatic rings. The first-order chi connectivity index (χ1) is 6.72. The van der Waals surface area contributed by atoms with Crippen LogP contribution in [0.1, 0.15) is 25.7 Å². The van der Waals surface area contributed by atoms with E-state index in [9.17, 15) is 5.21 Å². The zero-order valence-electron chi connectivity index (χ0n) is 10.0. The van der Waals surface area contributed by atoms with Crippen LogP contribution in [0, 0.1) is 5.21 Å². The van der Waals surface area contributed by atoms with E-state index in [1.54, 1.807) is 7.05 Å². The Hall–Kier alpha value is -0.0400. The third kappa shape index (κ3) is 10.2. The molecule has 0 bridgehead atoms. The Kier molecular flexibility index (Phi) is 13.9. The van der Waals surface area contributed by atoms with E-state index in [0.29, 0.717) is 6.54 Å². The van der Waals surface area contributed by atoms with Crippen LogP contribution in [0.3, 0.4) is 0 Å². The fourth-order valence-electron chi connectivity index (χ4n) is 1.20. The summed E-state index contributed by atoms with van der Waals surface area (Å²) in [7, 11) is 3.67. The van der Waals surface area contributed by atoms with Gasteiger partial charge in [-0.15, -0.1) is 5.01 Å². The SMILES string of the molecule is C[NH2+]CCCCCCN(C)/[N+]([O-])=N/O.[Na+]. The van der Waals surface area contributed by atoms with Crippen molar-refractivity contribution in [2.24, 2.45) is 5.28 Å². The van der Waals surface area contributed by atoms with Crippen LogP contribution < -0.4 is 34.9 Å². The molecule has 0 aromatic heterocycles. The molecular weight excluding hydrogens is 207 g/mol. The molecule has 0 aliphatic carbocycles. The van der Waals surface area contributed by atoms with Gasteiger partial charge in [0.25, 0.3) is 0 Å². The van der Waals surface area contributed by atoms with E-state index in [1.165, 1.54) is 17.9 Å². The molecule has 6 nitrogen and oxygen atoms in total. The summed E-state index contributed by atoms with van der Waals surface area (Å²) in [5, 5.41) is 24.9. The molecule has 0 aromatic rings. The number of nitrogens with two attached hydrogens (primary N) is 1. The van der Waals surface area contributed by atoms with Crippen molar-refractivity contribution in [1.29, 1.82) is 0 Å². The summed E-state index contributed by atoms with van der Waals surface area (Å²) in [5.41, 5.74) is 0. The molecule has 0 amide bonds. The number of hydrogen-bond acceptors (Lipinski definition) is 2. The number of unbranched alkanes of at least 4 members (excludes halogenated alkanes) is 3. The van der Waals surface area contributed by atoms with Crippen LogP contribution >= 0.6 is 0 Å². The maximum Gasteiger partial charge on any atom is 1.00 e. The third-order valence-corrected chi connectivity index (χ3v) is 2.09. The van der Waals surface area contributed by atoms with Gasteiger partial charge in [0, 0.05) is 0 Å². The van der Waals surface area contributed by atoms with Crippen LogP contribution in [-0.4, -0.2) is 42.4 Å². The van der Waals surface area contributed by atoms with E-state index >= 15 is 0 Å². The topological polar surface area (TPSA) is 78.5 Å². The predicted molar refractivity (Wildman–Crippen MR) is 51.7 cm³/mol. The molecule has 0 heterocycles. The van der Waals surface area contributed by atoms with E-state index in [2.05, 4.69) is 17.6 Å². The molecule has 15 heavy (non-hydrogen) atoms. The first-order valence-corrected chi connectivity index (χ1v) is 5.03. The van der Waals surface area contributed by atoms with Crippen molar-refractivity contribution >= 4 is 0 Å². The molecule has 0 aliphatic heterocycles. The number of quaternary nitrogens is 1. The van der Waals surface area contributed by atoms with Crippen LogP contribution in [0.4, 0.5) is 0 Å². The van der Waals surface area contributed by atoms with Crippen LogP contribution in [0.15, 0.2) is 5.28 Å². The molecule has 84 valence electrons. The Morgan fingerprint density at radius 2 is 1.93 bits per heavy atom. The third-order valence-electron chi connectivity index (χ3n) is 2.09. The van der Waals surface area contributed by atoms with Gasteiger partial charge in [-0.05, 0) is 19.3 Å². The summed E-state index contributed by atoms with van der Waals surface area (Å²) in [6.45, 7) is 1.79. The van der Waals surface area contributed by atoms with Gasteiger partial charge in [-0.2, -0.15) is 0 Å². The number of rotatable bonds is 8. The van der Waals surface area contributed by atoms with E-state index in [0.717, 1.165) is 19.4 Å². The van der Waals surface area contributed by atoms with Crippen LogP contribution in [0.5, 0.6) is 0 Å². The van der Waals surface area contributed by atoms with E-state index in [1.807, 2.05) is 0 Å². The van der Waals surface area contributed by atoms with Gasteiger partial charge >= 0.3 is 29.6 Å². The minimum absolute atomic E-state index is 0. The van der Waals surface area contributed by atoms with Crippen molar-refractivity contribution in [3.63, 3.8) is 0 Å². The first-order valence-electron chi connectivity index (χ1n) is 5.03. The monoisotopic (exact) mass is 228 g/mol. The smallest absolute Gasteiger partial charge is 0.569 e. The van der Waals surface area contributed by atoms with Crippen LogP contribution in [0.25, 0.3) is 0 Å². The molecule has 0 unspecified atom stereocenters. The van der Waals surface area contributed by atoms with E-state index < -0.39 is 0 Å². The summed E-state index contributed by atoms with van der Waals surface area (Å²) < 4.78 is 0. The molecular formula is C8H21N4NaO2+2. The Morgan fingerprint density at radius 3 is 2.47 bits per heavy atom. The largest absolute Gasteiger partial charge is 1.00 e. The number of nitrogens with zero attached hydrogens (tertiary/aromatic N) is 3. The van der Waals surface area contributed by atoms with Gasteiger partial charge in [-0.25, -0.2) is 0 Å². The van der Waals surface area contributed by atoms with Crippen molar-refractivity contribution in [3.8, 4) is 0 Å². The number of hydrazine groups is 1. The molecule has 0 rings (SSSR count). The van der Waals surface area contributed by atoms with Crippen molar-refractivity contribution in [1.82, 2.24) is 5.01 Å². The van der Waals surface area contributed by atoms with Crippen molar-refractivity contribution in [2.75, 3.05) is 27.2 Å². The molecule has 0 radical (unpaired) electrons. The average Bonchev–Trinajstić information content (AvgIpc) is 2.21. The summed E-state index contributed by atoms with van der Waals surface area (Å²) in [4.78, 5) is 0.194. The minimum atomic E-state index is 0. The maximum absolute atomic E-state index is 10.7. The van der Waals surface area contributed by atoms with Gasteiger partial charge in [-0.1, -0.05) is 6.42 Å². The van der Waals surface area contributed by atoms with Crippen LogP contribution in [0.2, 0.25) is 0 Å². The molecule has 7 heteroatoms. The zero-order chi connectivity index (χ0) is 10.8. The zero-order valence-corrected chi connectivity index (χ0v) is 12.0. The van der Waals surface area contributed by atoms with E-state index in [-0.39, 0.29) is 34.5 Å². The minimum Gasteiger partial charge on any atom is -0.569 e. The van der Waals surface area contributed by atoms with Gasteiger partial charge < -0.3 is 15.7 Å². The Balaban J connectivity index is 0. The summed E-state index contributed by atoms with van der Waals surface area (Å²) >= 11 is 0. The summed E-state index contributed by atoms with van der Waals surface area (Å²) in [5.74, 6) is 0. The van der Waals surface area contributed by atoms with Crippen molar-refractivity contribution in [3.05, 3.63) is 5.21 Å². The Bertz CT molecular complexity index is 169.